The molecule has 4 nitrogen and oxygen atoms in total. The second-order valence-electron chi connectivity index (χ2n) is 6.67. The first kappa shape index (κ1) is 17.9. The number of aliphatic imine (C=N–C) groups is 1. The van der Waals surface area contributed by atoms with Gasteiger partial charge in [-0.15, -0.1) is 0 Å². The summed E-state index contributed by atoms with van der Waals surface area (Å²) in [5.74, 6) is -0.0850. The third kappa shape index (κ3) is 5.06. The fourth-order valence-corrected chi connectivity index (χ4v) is 2.23. The Labute approximate surface area is 142 Å². The van der Waals surface area contributed by atoms with Gasteiger partial charge in [0.15, 0.2) is 0 Å². The normalized spacial score (nSPS) is 12.1. The maximum atomic E-state index is 13.6. The summed E-state index contributed by atoms with van der Waals surface area (Å²) >= 11 is 0. The smallest absolute Gasteiger partial charge is 0.216 e. The van der Waals surface area contributed by atoms with Crippen LogP contribution in [0.15, 0.2) is 53.5 Å². The molecule has 0 fully saturated rings. The fraction of sp³-hybridized carbons (Fsp3) is 0.316. The Kier molecular flexibility index (Phi) is 5.93. The van der Waals surface area contributed by atoms with E-state index >= 15 is 0 Å². The number of guanidine groups is 1. The molecule has 0 bridgehead atoms. The van der Waals surface area contributed by atoms with Gasteiger partial charge in [-0.1, -0.05) is 63.2 Å². The Morgan fingerprint density at radius 2 is 1.75 bits per heavy atom. The molecule has 0 unspecified atom stereocenters. The Morgan fingerprint density at radius 1 is 1.08 bits per heavy atom. The number of nitrogens with zero attached hydrogens (tertiary/aromatic N) is 1. The maximum absolute atomic E-state index is 13.6. The van der Waals surface area contributed by atoms with Crippen LogP contribution in [-0.4, -0.2) is 11.2 Å². The van der Waals surface area contributed by atoms with Gasteiger partial charge in [0.2, 0.25) is 5.96 Å². The summed E-state index contributed by atoms with van der Waals surface area (Å²) in [6.07, 6.45) is 0. The fourth-order valence-electron chi connectivity index (χ4n) is 2.23. The van der Waals surface area contributed by atoms with E-state index in [9.17, 15) is 4.39 Å². The molecule has 0 spiro atoms. The lowest BCUT2D eigenvalue weighted by atomic mass is 9.87. The standard InChI is InChI=1S/C19H24FN3O/c1-19(2,3)16-10-8-14(9-11-16)12-21-18(23-24)22-13-15-6-4-5-7-17(15)20/h4-11,24H,12-13H2,1-3H3,(H2,21,22,23). The molecular weight excluding hydrogens is 305 g/mol. The molecule has 0 atom stereocenters. The van der Waals surface area contributed by atoms with Gasteiger partial charge in [-0.3, -0.25) is 5.21 Å². The van der Waals surface area contributed by atoms with Gasteiger partial charge in [0.1, 0.15) is 5.82 Å². The summed E-state index contributed by atoms with van der Waals surface area (Å²) in [5, 5.41) is 12.0. The highest BCUT2D eigenvalue weighted by molar-refractivity contribution is 5.78. The average Bonchev–Trinajstić information content (AvgIpc) is 2.56. The van der Waals surface area contributed by atoms with Crippen molar-refractivity contribution in [1.29, 1.82) is 0 Å². The van der Waals surface area contributed by atoms with Gasteiger partial charge in [-0.2, -0.15) is 0 Å². The highest BCUT2D eigenvalue weighted by Gasteiger charge is 2.12. The minimum absolute atomic E-state index is 0.112. The monoisotopic (exact) mass is 329 g/mol. The Morgan fingerprint density at radius 3 is 2.33 bits per heavy atom. The molecule has 3 N–H and O–H groups in total. The van der Waals surface area contributed by atoms with Crippen molar-refractivity contribution in [3.8, 4) is 0 Å². The van der Waals surface area contributed by atoms with Gasteiger partial charge in [0.05, 0.1) is 6.54 Å². The van der Waals surface area contributed by atoms with E-state index in [-0.39, 0.29) is 23.7 Å². The van der Waals surface area contributed by atoms with Crippen molar-refractivity contribution in [3.63, 3.8) is 0 Å². The lowest BCUT2D eigenvalue weighted by molar-refractivity contribution is 0.229. The Balaban J connectivity index is 1.97. The second-order valence-corrected chi connectivity index (χ2v) is 6.67. The summed E-state index contributed by atoms with van der Waals surface area (Å²) in [5.41, 5.74) is 4.92. The van der Waals surface area contributed by atoms with Crippen LogP contribution in [0, 0.1) is 5.82 Å². The predicted molar refractivity (Wildman–Crippen MR) is 94.4 cm³/mol. The van der Waals surface area contributed by atoms with Crippen LogP contribution in [0.1, 0.15) is 37.5 Å². The van der Waals surface area contributed by atoms with Crippen molar-refractivity contribution in [2.45, 2.75) is 39.3 Å². The Bertz CT molecular complexity index is 691. The number of rotatable bonds is 4. The maximum Gasteiger partial charge on any atom is 0.216 e. The molecule has 0 radical (unpaired) electrons. The molecule has 0 aliphatic carbocycles. The number of hydroxylamine groups is 1. The molecule has 0 saturated carbocycles. The molecule has 5 heteroatoms. The summed E-state index contributed by atoms with van der Waals surface area (Å²) in [7, 11) is 0. The number of hydrogen-bond acceptors (Lipinski definition) is 2. The summed E-state index contributed by atoms with van der Waals surface area (Å²) < 4.78 is 13.6. The van der Waals surface area contributed by atoms with Crippen molar-refractivity contribution in [2.75, 3.05) is 0 Å². The molecule has 128 valence electrons. The molecule has 0 aliphatic heterocycles. The van der Waals surface area contributed by atoms with Crippen LogP contribution in [0.25, 0.3) is 0 Å². The van der Waals surface area contributed by atoms with Crippen LogP contribution in [-0.2, 0) is 18.5 Å². The molecular formula is C19H24FN3O. The zero-order chi connectivity index (χ0) is 17.6. The predicted octanol–water partition coefficient (Wildman–Crippen LogP) is 3.75. The van der Waals surface area contributed by atoms with E-state index in [0.717, 1.165) is 5.56 Å². The summed E-state index contributed by atoms with van der Waals surface area (Å²) in [4.78, 5) is 4.27. The third-order valence-corrected chi connectivity index (χ3v) is 3.75. The van der Waals surface area contributed by atoms with Crippen LogP contribution in [0.5, 0.6) is 0 Å². The Hall–Kier alpha value is -2.40. The first-order valence-corrected chi connectivity index (χ1v) is 7.91. The van der Waals surface area contributed by atoms with Crippen molar-refractivity contribution in [3.05, 3.63) is 71.0 Å². The van der Waals surface area contributed by atoms with Gasteiger partial charge in [-0.05, 0) is 22.6 Å². The van der Waals surface area contributed by atoms with E-state index in [4.69, 9.17) is 5.21 Å². The number of halogens is 1. The van der Waals surface area contributed by atoms with Crippen LogP contribution in [0.2, 0.25) is 0 Å². The van der Waals surface area contributed by atoms with Gasteiger partial charge >= 0.3 is 0 Å². The van der Waals surface area contributed by atoms with Crippen LogP contribution in [0.3, 0.4) is 0 Å². The van der Waals surface area contributed by atoms with E-state index in [1.165, 1.54) is 11.6 Å². The van der Waals surface area contributed by atoms with E-state index in [0.29, 0.717) is 12.1 Å². The van der Waals surface area contributed by atoms with Crippen LogP contribution >= 0.6 is 0 Å². The quantitative estimate of drug-likeness (QED) is 0.455. The van der Waals surface area contributed by atoms with Gasteiger partial charge in [0, 0.05) is 12.1 Å². The minimum Gasteiger partial charge on any atom is -0.350 e. The molecule has 0 aromatic heterocycles. The van der Waals surface area contributed by atoms with Crippen LogP contribution in [0.4, 0.5) is 4.39 Å². The number of nitrogens with one attached hydrogen (secondary N) is 2. The van der Waals surface area contributed by atoms with Gasteiger partial charge in [-0.25, -0.2) is 14.9 Å². The largest absolute Gasteiger partial charge is 0.350 e. The van der Waals surface area contributed by atoms with Gasteiger partial charge in [0.25, 0.3) is 0 Å². The molecule has 2 aromatic carbocycles. The molecule has 24 heavy (non-hydrogen) atoms. The molecule has 2 aromatic rings. The van der Waals surface area contributed by atoms with Gasteiger partial charge < -0.3 is 5.32 Å². The first-order valence-electron chi connectivity index (χ1n) is 7.91. The second kappa shape index (κ2) is 7.93. The van der Waals surface area contributed by atoms with E-state index in [1.54, 1.807) is 18.2 Å². The van der Waals surface area contributed by atoms with Crippen molar-refractivity contribution in [2.24, 2.45) is 4.99 Å². The number of benzene rings is 2. The van der Waals surface area contributed by atoms with Crippen molar-refractivity contribution >= 4 is 5.96 Å². The number of hydrogen-bond donors (Lipinski definition) is 3. The lowest BCUT2D eigenvalue weighted by Crippen LogP contribution is -2.35. The average molecular weight is 329 g/mol. The molecule has 0 heterocycles. The molecule has 0 amide bonds. The first-order chi connectivity index (χ1) is 11.4. The zero-order valence-electron chi connectivity index (χ0n) is 14.3. The van der Waals surface area contributed by atoms with E-state index in [1.807, 2.05) is 17.6 Å². The molecule has 0 saturated heterocycles. The topological polar surface area (TPSA) is 56.7 Å². The highest BCUT2D eigenvalue weighted by Crippen LogP contribution is 2.22. The summed E-state index contributed by atoms with van der Waals surface area (Å²) in [6, 6.07) is 14.7. The lowest BCUT2D eigenvalue weighted by Gasteiger charge is -2.19. The minimum atomic E-state index is -0.292. The molecule has 0 aliphatic rings. The van der Waals surface area contributed by atoms with E-state index < -0.39 is 0 Å². The highest BCUT2D eigenvalue weighted by atomic mass is 19.1. The zero-order valence-corrected chi connectivity index (χ0v) is 14.3. The van der Waals surface area contributed by atoms with Crippen molar-refractivity contribution in [1.82, 2.24) is 10.8 Å². The van der Waals surface area contributed by atoms with E-state index in [2.05, 4.69) is 43.2 Å². The SMILES string of the molecule is CC(C)(C)c1ccc(CN=C(NO)NCc2ccccc2F)cc1. The summed E-state index contributed by atoms with van der Waals surface area (Å²) in [6.45, 7) is 7.15. The molecule has 2 rings (SSSR count). The third-order valence-electron chi connectivity index (χ3n) is 3.75. The van der Waals surface area contributed by atoms with Crippen molar-refractivity contribution < 1.29 is 9.60 Å². The van der Waals surface area contributed by atoms with Crippen LogP contribution < -0.4 is 10.8 Å².